The third-order valence-corrected chi connectivity index (χ3v) is 5.00. The van der Waals surface area contributed by atoms with E-state index in [1.54, 1.807) is 7.11 Å². The number of aromatic nitrogens is 2. The molecule has 3 rings (SSSR count). The summed E-state index contributed by atoms with van der Waals surface area (Å²) in [6, 6.07) is 17.7. The fraction of sp³-hybridized carbons (Fsp3) is 0.286. The van der Waals surface area contributed by atoms with Crippen LogP contribution in [0.4, 0.5) is 0 Å². The summed E-state index contributed by atoms with van der Waals surface area (Å²) < 4.78 is 10.8. The number of aryl methyl sites for hydroxylation is 1. The Bertz CT molecular complexity index is 881. The molecule has 1 heterocycles. The fourth-order valence-corrected chi connectivity index (χ4v) is 3.24. The first-order chi connectivity index (χ1) is 13.6. The minimum Gasteiger partial charge on any atom is -0.497 e. The van der Waals surface area contributed by atoms with Crippen LogP contribution in [0.2, 0.25) is 0 Å². The van der Waals surface area contributed by atoms with Crippen LogP contribution in [0.5, 0.6) is 5.75 Å². The highest BCUT2D eigenvalue weighted by atomic mass is 32.2. The molecular formula is C21H23N3O3S. The molecule has 0 radical (unpaired) electrons. The van der Waals surface area contributed by atoms with Crippen molar-refractivity contribution in [3.63, 3.8) is 0 Å². The molecule has 146 valence electrons. The molecule has 7 heteroatoms. The topological polar surface area (TPSA) is 77.2 Å². The number of nitrogens with one attached hydrogen (secondary N) is 1. The van der Waals surface area contributed by atoms with Crippen molar-refractivity contribution in [2.24, 2.45) is 0 Å². The van der Waals surface area contributed by atoms with Crippen LogP contribution >= 0.6 is 11.8 Å². The second-order valence-corrected chi connectivity index (χ2v) is 7.31. The number of hydrogen-bond donors (Lipinski definition) is 1. The van der Waals surface area contributed by atoms with Crippen molar-refractivity contribution >= 4 is 17.7 Å². The van der Waals surface area contributed by atoms with E-state index in [0.29, 0.717) is 11.1 Å². The molecule has 0 saturated heterocycles. The molecule has 0 saturated carbocycles. The van der Waals surface area contributed by atoms with E-state index in [9.17, 15) is 4.79 Å². The first-order valence-electron chi connectivity index (χ1n) is 9.08. The lowest BCUT2D eigenvalue weighted by molar-refractivity contribution is -0.119. The van der Waals surface area contributed by atoms with E-state index in [1.165, 1.54) is 17.3 Å². The maximum Gasteiger partial charge on any atom is 0.277 e. The van der Waals surface area contributed by atoms with Crippen LogP contribution < -0.4 is 10.1 Å². The molecule has 1 aromatic heterocycles. The van der Waals surface area contributed by atoms with Gasteiger partial charge in [-0.3, -0.25) is 4.79 Å². The number of carbonyl (C=O) groups is 1. The maximum atomic E-state index is 12.1. The first kappa shape index (κ1) is 19.9. The fourth-order valence-electron chi connectivity index (χ4n) is 2.66. The van der Waals surface area contributed by atoms with Crippen molar-refractivity contribution in [2.75, 3.05) is 12.9 Å². The number of amides is 1. The summed E-state index contributed by atoms with van der Waals surface area (Å²) in [5.41, 5.74) is 2.08. The normalized spacial score (nSPS) is 11.8. The van der Waals surface area contributed by atoms with Gasteiger partial charge in [0.05, 0.1) is 12.9 Å². The van der Waals surface area contributed by atoms with E-state index in [2.05, 4.69) is 27.6 Å². The highest BCUT2D eigenvalue weighted by molar-refractivity contribution is 7.99. The minimum atomic E-state index is -0.0465. The molecule has 0 aliphatic rings. The van der Waals surface area contributed by atoms with Crippen LogP contribution in [0, 0.1) is 0 Å². The Morgan fingerprint density at radius 2 is 1.89 bits per heavy atom. The zero-order chi connectivity index (χ0) is 19.8. The zero-order valence-corrected chi connectivity index (χ0v) is 16.7. The monoisotopic (exact) mass is 397 g/mol. The second-order valence-electron chi connectivity index (χ2n) is 6.38. The van der Waals surface area contributed by atoms with Crippen molar-refractivity contribution in [1.29, 1.82) is 0 Å². The standard InChI is InChI=1S/C21H23N3O3S/c1-15(8-9-16-6-4-3-5-7-16)22-19(25)14-28-21-24-23-20(27-21)17-10-12-18(26-2)13-11-17/h3-7,10-13,15H,8-9,14H2,1-2H3,(H,22,25)/t15-/m1/s1. The molecule has 0 bridgehead atoms. The van der Waals surface area contributed by atoms with Crippen molar-refractivity contribution < 1.29 is 13.9 Å². The highest BCUT2D eigenvalue weighted by Gasteiger charge is 2.13. The van der Waals surface area contributed by atoms with Gasteiger partial charge in [0.25, 0.3) is 5.22 Å². The molecule has 0 unspecified atom stereocenters. The lowest BCUT2D eigenvalue weighted by Crippen LogP contribution is -2.34. The summed E-state index contributed by atoms with van der Waals surface area (Å²) in [5.74, 6) is 1.37. The summed E-state index contributed by atoms with van der Waals surface area (Å²) in [7, 11) is 1.62. The van der Waals surface area contributed by atoms with Gasteiger partial charge >= 0.3 is 0 Å². The molecule has 1 atom stereocenters. The molecule has 6 nitrogen and oxygen atoms in total. The lowest BCUT2D eigenvalue weighted by Gasteiger charge is -2.13. The molecule has 1 N–H and O–H groups in total. The van der Waals surface area contributed by atoms with E-state index in [0.717, 1.165) is 24.2 Å². The largest absolute Gasteiger partial charge is 0.497 e. The number of carbonyl (C=O) groups excluding carboxylic acids is 1. The van der Waals surface area contributed by atoms with Gasteiger partial charge in [0.2, 0.25) is 11.8 Å². The van der Waals surface area contributed by atoms with Gasteiger partial charge in [-0.05, 0) is 49.6 Å². The Kier molecular flexibility index (Phi) is 7.08. The third-order valence-electron chi connectivity index (χ3n) is 4.19. The number of nitrogens with zero attached hydrogens (tertiary/aromatic N) is 2. The van der Waals surface area contributed by atoms with E-state index in [1.807, 2.05) is 49.4 Å². The van der Waals surface area contributed by atoms with Crippen LogP contribution in [-0.4, -0.2) is 35.0 Å². The average Bonchev–Trinajstić information content (AvgIpc) is 3.21. The van der Waals surface area contributed by atoms with Gasteiger partial charge in [-0.2, -0.15) is 0 Å². The summed E-state index contributed by atoms with van der Waals surface area (Å²) in [5, 5.41) is 11.4. The Morgan fingerprint density at radius 1 is 1.14 bits per heavy atom. The first-order valence-corrected chi connectivity index (χ1v) is 10.1. The molecule has 0 spiro atoms. The highest BCUT2D eigenvalue weighted by Crippen LogP contribution is 2.24. The van der Waals surface area contributed by atoms with Gasteiger partial charge in [-0.25, -0.2) is 0 Å². The van der Waals surface area contributed by atoms with Crippen LogP contribution in [0.25, 0.3) is 11.5 Å². The number of hydrogen-bond acceptors (Lipinski definition) is 6. The van der Waals surface area contributed by atoms with Crippen molar-refractivity contribution in [1.82, 2.24) is 15.5 Å². The lowest BCUT2D eigenvalue weighted by atomic mass is 10.1. The third kappa shape index (κ3) is 5.85. The van der Waals surface area contributed by atoms with Crippen LogP contribution in [0.15, 0.2) is 64.2 Å². The Hall–Kier alpha value is -2.80. The quantitative estimate of drug-likeness (QED) is 0.551. The van der Waals surface area contributed by atoms with Crippen LogP contribution in [-0.2, 0) is 11.2 Å². The van der Waals surface area contributed by atoms with Gasteiger partial charge in [0.15, 0.2) is 0 Å². The van der Waals surface area contributed by atoms with Crippen molar-refractivity contribution in [3.8, 4) is 17.2 Å². The SMILES string of the molecule is COc1ccc(-c2nnc(SCC(=O)N[C@H](C)CCc3ccccc3)o2)cc1. The molecule has 0 aliphatic heterocycles. The van der Waals surface area contributed by atoms with E-state index < -0.39 is 0 Å². The van der Waals surface area contributed by atoms with Gasteiger partial charge in [0, 0.05) is 11.6 Å². The Morgan fingerprint density at radius 3 is 2.61 bits per heavy atom. The molecule has 2 aromatic carbocycles. The average molecular weight is 398 g/mol. The van der Waals surface area contributed by atoms with Crippen LogP contribution in [0.3, 0.4) is 0 Å². The van der Waals surface area contributed by atoms with E-state index >= 15 is 0 Å². The predicted octanol–water partition coefficient (Wildman–Crippen LogP) is 3.97. The maximum absolute atomic E-state index is 12.1. The van der Waals surface area contributed by atoms with Crippen molar-refractivity contribution in [2.45, 2.75) is 31.0 Å². The van der Waals surface area contributed by atoms with Gasteiger partial charge in [-0.1, -0.05) is 42.1 Å². The molecule has 3 aromatic rings. The van der Waals surface area contributed by atoms with Gasteiger partial charge in [-0.15, -0.1) is 10.2 Å². The van der Waals surface area contributed by atoms with Crippen LogP contribution in [0.1, 0.15) is 18.9 Å². The number of benzene rings is 2. The summed E-state index contributed by atoms with van der Waals surface area (Å²) in [4.78, 5) is 12.1. The second kappa shape index (κ2) is 9.94. The Labute approximate surface area is 168 Å². The molecule has 28 heavy (non-hydrogen) atoms. The van der Waals surface area contributed by atoms with E-state index in [4.69, 9.17) is 9.15 Å². The predicted molar refractivity (Wildman–Crippen MR) is 109 cm³/mol. The summed E-state index contributed by atoms with van der Waals surface area (Å²) in [6.45, 7) is 2.01. The summed E-state index contributed by atoms with van der Waals surface area (Å²) >= 11 is 1.23. The Balaban J connectivity index is 1.43. The number of ether oxygens (including phenoxy) is 1. The number of thioether (sulfide) groups is 1. The van der Waals surface area contributed by atoms with Gasteiger partial charge in [0.1, 0.15) is 5.75 Å². The molecular weight excluding hydrogens is 374 g/mol. The smallest absolute Gasteiger partial charge is 0.277 e. The van der Waals surface area contributed by atoms with Crippen molar-refractivity contribution in [3.05, 3.63) is 60.2 Å². The number of rotatable bonds is 9. The molecule has 0 aliphatic carbocycles. The molecule has 1 amide bonds. The zero-order valence-electron chi connectivity index (χ0n) is 15.9. The summed E-state index contributed by atoms with van der Waals surface area (Å²) in [6.07, 6.45) is 1.83. The van der Waals surface area contributed by atoms with E-state index in [-0.39, 0.29) is 17.7 Å². The minimum absolute atomic E-state index is 0.0465. The van der Waals surface area contributed by atoms with Gasteiger partial charge < -0.3 is 14.5 Å². The number of methoxy groups -OCH3 is 1. The molecule has 0 fully saturated rings.